The SMILES string of the molecule is CS(=O)(=O)c1ccc(-c2cncc(Cl)n2)cn1. The first kappa shape index (κ1) is 11.9. The molecule has 0 aliphatic heterocycles. The van der Waals surface area contributed by atoms with Crippen molar-refractivity contribution in [1.82, 2.24) is 15.0 Å². The Morgan fingerprint density at radius 2 is 1.94 bits per heavy atom. The van der Waals surface area contributed by atoms with Crippen molar-refractivity contribution in [2.75, 3.05) is 6.26 Å². The van der Waals surface area contributed by atoms with Gasteiger partial charge in [0.1, 0.15) is 5.15 Å². The molecule has 0 spiro atoms. The molecular weight excluding hydrogens is 262 g/mol. The van der Waals surface area contributed by atoms with Gasteiger partial charge in [-0.05, 0) is 12.1 Å². The van der Waals surface area contributed by atoms with Crippen LogP contribution in [0, 0.1) is 0 Å². The second-order valence-corrected chi connectivity index (χ2v) is 5.73. The minimum atomic E-state index is -3.28. The van der Waals surface area contributed by atoms with Gasteiger partial charge >= 0.3 is 0 Å². The molecule has 0 unspecified atom stereocenters. The molecule has 88 valence electrons. The van der Waals surface area contributed by atoms with Gasteiger partial charge in [0.15, 0.2) is 14.9 Å². The fourth-order valence-corrected chi connectivity index (χ4v) is 1.94. The van der Waals surface area contributed by atoms with Gasteiger partial charge < -0.3 is 0 Å². The predicted octanol–water partition coefficient (Wildman–Crippen LogP) is 1.60. The van der Waals surface area contributed by atoms with Crippen molar-refractivity contribution in [2.45, 2.75) is 5.03 Å². The van der Waals surface area contributed by atoms with Crippen LogP contribution in [0.2, 0.25) is 5.15 Å². The van der Waals surface area contributed by atoms with Crippen LogP contribution < -0.4 is 0 Å². The van der Waals surface area contributed by atoms with Crippen LogP contribution in [-0.2, 0) is 9.84 Å². The van der Waals surface area contributed by atoms with E-state index in [4.69, 9.17) is 11.6 Å². The Morgan fingerprint density at radius 3 is 2.47 bits per heavy atom. The number of aromatic nitrogens is 3. The summed E-state index contributed by atoms with van der Waals surface area (Å²) in [6.45, 7) is 0. The van der Waals surface area contributed by atoms with Crippen molar-refractivity contribution >= 4 is 21.4 Å². The molecule has 0 aliphatic carbocycles. The molecule has 0 bridgehead atoms. The third-order valence-corrected chi connectivity index (χ3v) is 3.20. The summed E-state index contributed by atoms with van der Waals surface area (Å²) in [7, 11) is -3.28. The molecule has 0 radical (unpaired) electrons. The van der Waals surface area contributed by atoms with E-state index in [9.17, 15) is 8.42 Å². The second-order valence-electron chi connectivity index (χ2n) is 3.38. The highest BCUT2D eigenvalue weighted by Gasteiger charge is 2.09. The van der Waals surface area contributed by atoms with Crippen molar-refractivity contribution < 1.29 is 8.42 Å². The molecule has 17 heavy (non-hydrogen) atoms. The molecule has 0 N–H and O–H groups in total. The van der Waals surface area contributed by atoms with Crippen LogP contribution >= 0.6 is 11.6 Å². The van der Waals surface area contributed by atoms with Crippen molar-refractivity contribution in [1.29, 1.82) is 0 Å². The summed E-state index contributed by atoms with van der Waals surface area (Å²) in [6, 6.07) is 3.04. The van der Waals surface area contributed by atoms with Crippen molar-refractivity contribution in [3.05, 3.63) is 35.9 Å². The Kier molecular flexibility index (Phi) is 3.08. The van der Waals surface area contributed by atoms with E-state index in [0.29, 0.717) is 11.3 Å². The van der Waals surface area contributed by atoms with E-state index in [1.807, 2.05) is 0 Å². The lowest BCUT2D eigenvalue weighted by molar-refractivity contribution is 0.598. The standard InChI is InChI=1S/C10H8ClN3O2S/c1-17(15,16)10-3-2-7(4-13-10)8-5-12-6-9(11)14-8/h2-6H,1H3. The summed E-state index contributed by atoms with van der Waals surface area (Å²) in [6.07, 6.45) is 5.48. The number of pyridine rings is 1. The Labute approximate surface area is 103 Å². The zero-order valence-corrected chi connectivity index (χ0v) is 10.4. The fraction of sp³-hybridized carbons (Fsp3) is 0.100. The van der Waals surface area contributed by atoms with Crippen LogP contribution in [-0.4, -0.2) is 29.6 Å². The minimum absolute atomic E-state index is 0.0243. The van der Waals surface area contributed by atoms with Gasteiger partial charge in [0, 0.05) is 18.0 Å². The molecule has 0 atom stereocenters. The molecule has 0 saturated carbocycles. The molecule has 5 nitrogen and oxygen atoms in total. The topological polar surface area (TPSA) is 72.8 Å². The van der Waals surface area contributed by atoms with Crippen molar-refractivity contribution in [2.24, 2.45) is 0 Å². The lowest BCUT2D eigenvalue weighted by Gasteiger charge is -2.01. The number of sulfone groups is 1. The molecule has 7 heteroatoms. The number of hydrogen-bond donors (Lipinski definition) is 0. The maximum Gasteiger partial charge on any atom is 0.192 e. The Balaban J connectivity index is 2.43. The average molecular weight is 270 g/mol. The Bertz CT molecular complexity index is 641. The lowest BCUT2D eigenvalue weighted by atomic mass is 10.2. The summed E-state index contributed by atoms with van der Waals surface area (Å²) in [4.78, 5) is 11.8. The van der Waals surface area contributed by atoms with Crippen molar-refractivity contribution in [3.8, 4) is 11.3 Å². The van der Waals surface area contributed by atoms with Gasteiger partial charge in [0.25, 0.3) is 0 Å². The number of hydrogen-bond acceptors (Lipinski definition) is 5. The van der Waals surface area contributed by atoms with Crippen LogP contribution in [0.15, 0.2) is 35.7 Å². The largest absolute Gasteiger partial charge is 0.259 e. The molecule has 0 fully saturated rings. The highest BCUT2D eigenvalue weighted by Crippen LogP contribution is 2.18. The maximum atomic E-state index is 11.2. The van der Waals surface area contributed by atoms with Crippen LogP contribution in [0.5, 0.6) is 0 Å². The number of nitrogens with zero attached hydrogens (tertiary/aromatic N) is 3. The first-order chi connectivity index (χ1) is 7.97. The fourth-order valence-electron chi connectivity index (χ4n) is 1.23. The smallest absolute Gasteiger partial charge is 0.192 e. The van der Waals surface area contributed by atoms with Crippen LogP contribution in [0.25, 0.3) is 11.3 Å². The van der Waals surface area contributed by atoms with Crippen molar-refractivity contribution in [3.63, 3.8) is 0 Å². The highest BCUT2D eigenvalue weighted by atomic mass is 35.5. The minimum Gasteiger partial charge on any atom is -0.259 e. The van der Waals surface area contributed by atoms with Crippen LogP contribution in [0.1, 0.15) is 0 Å². The average Bonchev–Trinajstić information content (AvgIpc) is 2.28. The van der Waals surface area contributed by atoms with Gasteiger partial charge in [-0.3, -0.25) is 4.98 Å². The third-order valence-electron chi connectivity index (χ3n) is 2.02. The Hall–Kier alpha value is -1.53. The molecule has 2 rings (SSSR count). The van der Waals surface area contributed by atoms with E-state index >= 15 is 0 Å². The zero-order chi connectivity index (χ0) is 12.5. The normalized spacial score (nSPS) is 11.4. The molecular formula is C10H8ClN3O2S. The van der Waals surface area contributed by atoms with Gasteiger partial charge in [-0.25, -0.2) is 18.4 Å². The lowest BCUT2D eigenvalue weighted by Crippen LogP contribution is -2.00. The molecule has 0 aliphatic rings. The molecule has 2 aromatic heterocycles. The summed E-state index contributed by atoms with van der Waals surface area (Å²) in [5, 5.41) is 0.297. The summed E-state index contributed by atoms with van der Waals surface area (Å²) < 4.78 is 22.4. The summed E-state index contributed by atoms with van der Waals surface area (Å²) >= 11 is 5.71. The second kappa shape index (κ2) is 4.38. The molecule has 2 aromatic rings. The van der Waals surface area contributed by atoms with Gasteiger partial charge in [-0.2, -0.15) is 0 Å². The van der Waals surface area contributed by atoms with E-state index in [0.717, 1.165) is 6.26 Å². The van der Waals surface area contributed by atoms with Gasteiger partial charge in [-0.1, -0.05) is 11.6 Å². The first-order valence-corrected chi connectivity index (χ1v) is 6.88. The monoisotopic (exact) mass is 269 g/mol. The first-order valence-electron chi connectivity index (χ1n) is 4.61. The maximum absolute atomic E-state index is 11.2. The van der Waals surface area contributed by atoms with E-state index in [1.165, 1.54) is 24.7 Å². The summed E-state index contributed by atoms with van der Waals surface area (Å²) in [5.74, 6) is 0. The van der Waals surface area contributed by atoms with E-state index in [1.54, 1.807) is 6.07 Å². The zero-order valence-electron chi connectivity index (χ0n) is 8.83. The quantitative estimate of drug-likeness (QED) is 0.828. The van der Waals surface area contributed by atoms with Crippen LogP contribution in [0.4, 0.5) is 0 Å². The molecule has 0 saturated heterocycles. The third kappa shape index (κ3) is 2.78. The Morgan fingerprint density at radius 1 is 1.18 bits per heavy atom. The van der Waals surface area contributed by atoms with Gasteiger partial charge in [0.2, 0.25) is 0 Å². The predicted molar refractivity (Wildman–Crippen MR) is 63.4 cm³/mol. The van der Waals surface area contributed by atoms with E-state index in [-0.39, 0.29) is 10.2 Å². The highest BCUT2D eigenvalue weighted by molar-refractivity contribution is 7.90. The number of halogens is 1. The molecule has 0 aromatic carbocycles. The van der Waals surface area contributed by atoms with Crippen LogP contribution in [0.3, 0.4) is 0 Å². The van der Waals surface area contributed by atoms with Gasteiger partial charge in [-0.15, -0.1) is 0 Å². The molecule has 2 heterocycles. The van der Waals surface area contributed by atoms with Gasteiger partial charge in [0.05, 0.1) is 18.1 Å². The molecule has 0 amide bonds. The van der Waals surface area contributed by atoms with E-state index in [2.05, 4.69) is 15.0 Å². The summed E-state index contributed by atoms with van der Waals surface area (Å²) in [5.41, 5.74) is 1.21. The number of rotatable bonds is 2. The van der Waals surface area contributed by atoms with E-state index < -0.39 is 9.84 Å².